The lowest BCUT2D eigenvalue weighted by molar-refractivity contribution is 0.627. The molecule has 0 atom stereocenters. The first kappa shape index (κ1) is 13.4. The van der Waals surface area contributed by atoms with Gasteiger partial charge in [0.05, 0.1) is 22.3 Å². The molecule has 2 aromatic carbocycles. The predicted molar refractivity (Wildman–Crippen MR) is 74.7 cm³/mol. The van der Waals surface area contributed by atoms with Crippen LogP contribution in [-0.2, 0) is 6.54 Å². The van der Waals surface area contributed by atoms with Gasteiger partial charge in [-0.05, 0) is 35.9 Å². The highest BCUT2D eigenvalue weighted by Crippen LogP contribution is 2.27. The number of benzene rings is 2. The quantitative estimate of drug-likeness (QED) is 0.846. The Bertz CT molecular complexity index is 617. The van der Waals surface area contributed by atoms with Gasteiger partial charge in [-0.15, -0.1) is 0 Å². The average molecular weight is 275 g/mol. The Labute approximate surface area is 116 Å². The summed E-state index contributed by atoms with van der Waals surface area (Å²) in [6.07, 6.45) is 0. The SMILES string of the molecule is CN(Cc1ccc(F)cc1)c1ccc(C#N)cc1Cl. The largest absolute Gasteiger partial charge is 0.369 e. The lowest BCUT2D eigenvalue weighted by Gasteiger charge is -2.20. The molecule has 0 saturated heterocycles. The van der Waals surface area contributed by atoms with Gasteiger partial charge in [-0.25, -0.2) is 4.39 Å². The second kappa shape index (κ2) is 5.73. The van der Waals surface area contributed by atoms with Crippen molar-refractivity contribution in [2.45, 2.75) is 6.54 Å². The molecule has 0 heterocycles. The fourth-order valence-corrected chi connectivity index (χ4v) is 2.16. The van der Waals surface area contributed by atoms with Crippen LogP contribution in [0.3, 0.4) is 0 Å². The molecule has 19 heavy (non-hydrogen) atoms. The van der Waals surface area contributed by atoms with Gasteiger partial charge in [-0.2, -0.15) is 5.26 Å². The standard InChI is InChI=1S/C15H12ClFN2/c1-19(10-11-2-5-13(17)6-3-11)15-7-4-12(9-18)8-14(15)16/h2-8H,10H2,1H3. The van der Waals surface area contributed by atoms with Crippen LogP contribution in [0.4, 0.5) is 10.1 Å². The van der Waals surface area contributed by atoms with Crippen molar-refractivity contribution in [2.24, 2.45) is 0 Å². The van der Waals surface area contributed by atoms with E-state index in [2.05, 4.69) is 0 Å². The number of rotatable bonds is 3. The number of nitriles is 1. The highest BCUT2D eigenvalue weighted by Gasteiger charge is 2.07. The fourth-order valence-electron chi connectivity index (χ4n) is 1.83. The second-order valence-corrected chi connectivity index (χ2v) is 4.67. The Morgan fingerprint density at radius 2 is 1.89 bits per heavy atom. The van der Waals surface area contributed by atoms with E-state index in [1.165, 1.54) is 12.1 Å². The maximum atomic E-state index is 12.8. The van der Waals surface area contributed by atoms with E-state index in [4.69, 9.17) is 16.9 Å². The number of halogens is 2. The van der Waals surface area contributed by atoms with E-state index in [9.17, 15) is 4.39 Å². The second-order valence-electron chi connectivity index (χ2n) is 4.26. The van der Waals surface area contributed by atoms with Crippen molar-refractivity contribution < 1.29 is 4.39 Å². The molecule has 0 amide bonds. The van der Waals surface area contributed by atoms with Crippen molar-refractivity contribution in [2.75, 3.05) is 11.9 Å². The first-order valence-corrected chi connectivity index (χ1v) is 6.13. The van der Waals surface area contributed by atoms with Gasteiger partial charge in [-0.1, -0.05) is 23.7 Å². The van der Waals surface area contributed by atoms with E-state index in [1.54, 1.807) is 24.3 Å². The van der Waals surface area contributed by atoms with Gasteiger partial charge in [0, 0.05) is 13.6 Å². The van der Waals surface area contributed by atoms with Crippen LogP contribution in [0.1, 0.15) is 11.1 Å². The molecule has 0 radical (unpaired) electrons. The molecule has 0 fully saturated rings. The summed E-state index contributed by atoms with van der Waals surface area (Å²) >= 11 is 6.14. The van der Waals surface area contributed by atoms with Gasteiger partial charge < -0.3 is 4.90 Å². The van der Waals surface area contributed by atoms with Crippen molar-refractivity contribution in [1.82, 2.24) is 0 Å². The van der Waals surface area contributed by atoms with Gasteiger partial charge >= 0.3 is 0 Å². The topological polar surface area (TPSA) is 27.0 Å². The highest BCUT2D eigenvalue weighted by molar-refractivity contribution is 6.33. The molecule has 96 valence electrons. The maximum Gasteiger partial charge on any atom is 0.123 e. The third kappa shape index (κ3) is 3.24. The Kier molecular flexibility index (Phi) is 4.03. The number of hydrogen-bond donors (Lipinski definition) is 0. The zero-order valence-electron chi connectivity index (χ0n) is 10.4. The van der Waals surface area contributed by atoms with Crippen LogP contribution in [0.15, 0.2) is 42.5 Å². The van der Waals surface area contributed by atoms with Crippen LogP contribution in [0.2, 0.25) is 5.02 Å². The summed E-state index contributed by atoms with van der Waals surface area (Å²) in [5, 5.41) is 9.33. The van der Waals surface area contributed by atoms with E-state index in [-0.39, 0.29) is 5.82 Å². The molecule has 0 aromatic heterocycles. The Hall–Kier alpha value is -2.05. The zero-order valence-corrected chi connectivity index (χ0v) is 11.2. The molecule has 2 aromatic rings. The summed E-state index contributed by atoms with van der Waals surface area (Å²) in [6, 6.07) is 13.6. The van der Waals surface area contributed by atoms with Gasteiger partial charge in [0.15, 0.2) is 0 Å². The van der Waals surface area contributed by atoms with Gasteiger partial charge in [0.25, 0.3) is 0 Å². The molecule has 0 aliphatic heterocycles. The minimum atomic E-state index is -0.247. The summed E-state index contributed by atoms with van der Waals surface area (Å²) in [7, 11) is 1.90. The molecule has 0 unspecified atom stereocenters. The van der Waals surface area contributed by atoms with Crippen molar-refractivity contribution in [1.29, 1.82) is 5.26 Å². The Balaban J connectivity index is 2.18. The van der Waals surface area contributed by atoms with E-state index in [0.717, 1.165) is 11.3 Å². The first-order valence-electron chi connectivity index (χ1n) is 5.75. The smallest absolute Gasteiger partial charge is 0.123 e. The van der Waals surface area contributed by atoms with Crippen molar-refractivity contribution in [3.8, 4) is 6.07 Å². The fraction of sp³-hybridized carbons (Fsp3) is 0.133. The molecule has 4 heteroatoms. The Morgan fingerprint density at radius 1 is 1.21 bits per heavy atom. The molecule has 0 bridgehead atoms. The number of nitrogens with zero attached hydrogens (tertiary/aromatic N) is 2. The Morgan fingerprint density at radius 3 is 2.47 bits per heavy atom. The minimum absolute atomic E-state index is 0.247. The summed E-state index contributed by atoms with van der Waals surface area (Å²) in [4.78, 5) is 1.96. The molecule has 0 N–H and O–H groups in total. The van der Waals surface area contributed by atoms with Crippen LogP contribution in [0.25, 0.3) is 0 Å². The first-order chi connectivity index (χ1) is 9.10. The van der Waals surface area contributed by atoms with E-state index >= 15 is 0 Å². The van der Waals surface area contributed by atoms with Gasteiger partial charge in [0.2, 0.25) is 0 Å². The van der Waals surface area contributed by atoms with E-state index in [1.807, 2.05) is 24.1 Å². The van der Waals surface area contributed by atoms with Crippen molar-refractivity contribution in [3.63, 3.8) is 0 Å². The summed E-state index contributed by atoms with van der Waals surface area (Å²) < 4.78 is 12.8. The average Bonchev–Trinajstić information content (AvgIpc) is 2.41. The number of anilines is 1. The minimum Gasteiger partial charge on any atom is -0.369 e. The predicted octanol–water partition coefficient (Wildman–Crippen LogP) is 3.99. The molecule has 0 aliphatic carbocycles. The van der Waals surface area contributed by atoms with Crippen molar-refractivity contribution in [3.05, 3.63) is 64.4 Å². The van der Waals surface area contributed by atoms with Crippen LogP contribution < -0.4 is 4.90 Å². The van der Waals surface area contributed by atoms with Crippen LogP contribution >= 0.6 is 11.6 Å². The normalized spacial score (nSPS) is 10.0. The molecule has 0 saturated carbocycles. The third-order valence-corrected chi connectivity index (χ3v) is 3.12. The molecule has 0 aliphatic rings. The summed E-state index contributed by atoms with van der Waals surface area (Å²) in [5.74, 6) is -0.247. The lowest BCUT2D eigenvalue weighted by atomic mass is 10.1. The third-order valence-electron chi connectivity index (χ3n) is 2.82. The lowest BCUT2D eigenvalue weighted by Crippen LogP contribution is -2.16. The molecule has 0 spiro atoms. The highest BCUT2D eigenvalue weighted by atomic mass is 35.5. The van der Waals surface area contributed by atoms with Gasteiger partial charge in [0.1, 0.15) is 5.82 Å². The zero-order chi connectivity index (χ0) is 13.8. The molecule has 2 rings (SSSR count). The van der Waals surface area contributed by atoms with E-state index in [0.29, 0.717) is 17.1 Å². The maximum absolute atomic E-state index is 12.8. The van der Waals surface area contributed by atoms with Gasteiger partial charge in [-0.3, -0.25) is 0 Å². The number of hydrogen-bond acceptors (Lipinski definition) is 2. The van der Waals surface area contributed by atoms with Crippen LogP contribution in [-0.4, -0.2) is 7.05 Å². The summed E-state index contributed by atoms with van der Waals surface area (Å²) in [6.45, 7) is 0.617. The summed E-state index contributed by atoms with van der Waals surface area (Å²) in [5.41, 5.74) is 2.36. The van der Waals surface area contributed by atoms with Crippen molar-refractivity contribution >= 4 is 17.3 Å². The molecule has 2 nitrogen and oxygen atoms in total. The van der Waals surface area contributed by atoms with E-state index < -0.39 is 0 Å². The van der Waals surface area contributed by atoms with Crippen LogP contribution in [0, 0.1) is 17.1 Å². The molecular formula is C15H12ClFN2. The molecular weight excluding hydrogens is 263 g/mol. The monoisotopic (exact) mass is 274 g/mol. The van der Waals surface area contributed by atoms with Crippen LogP contribution in [0.5, 0.6) is 0 Å².